The van der Waals surface area contributed by atoms with Crippen LogP contribution in [-0.2, 0) is 11.2 Å². The van der Waals surface area contributed by atoms with E-state index >= 15 is 0 Å². The average Bonchev–Trinajstić information content (AvgIpc) is 2.81. The van der Waals surface area contributed by atoms with E-state index in [1.807, 2.05) is 12.1 Å². The Bertz CT molecular complexity index is 1070. The Balaban J connectivity index is 1.36. The van der Waals surface area contributed by atoms with Crippen molar-refractivity contribution >= 4 is 5.91 Å². The molecule has 7 heteroatoms. The molecule has 32 heavy (non-hydrogen) atoms. The van der Waals surface area contributed by atoms with Crippen LogP contribution < -0.4 is 4.74 Å². The van der Waals surface area contributed by atoms with Crippen molar-refractivity contribution in [2.24, 2.45) is 0 Å². The molecule has 1 saturated heterocycles. The molecule has 3 aromatic rings. The van der Waals surface area contributed by atoms with Gasteiger partial charge >= 0.3 is 0 Å². The Morgan fingerprint density at radius 2 is 1.75 bits per heavy atom. The molecule has 1 fully saturated rings. The number of piperidine rings is 1. The minimum Gasteiger partial charge on any atom is -0.481 e. The monoisotopic (exact) mass is 440 g/mol. The van der Waals surface area contributed by atoms with Crippen molar-refractivity contribution in [3.8, 4) is 5.75 Å². The highest BCUT2D eigenvalue weighted by Crippen LogP contribution is 2.26. The van der Waals surface area contributed by atoms with E-state index < -0.39 is 17.5 Å². The van der Waals surface area contributed by atoms with Gasteiger partial charge in [-0.3, -0.25) is 9.78 Å². The van der Waals surface area contributed by atoms with Crippen LogP contribution in [0.2, 0.25) is 0 Å². The van der Waals surface area contributed by atoms with E-state index in [2.05, 4.69) is 4.98 Å². The van der Waals surface area contributed by atoms with Gasteiger partial charge in [0.05, 0.1) is 0 Å². The van der Waals surface area contributed by atoms with Crippen molar-refractivity contribution in [1.82, 2.24) is 9.88 Å². The molecule has 4 rings (SSSR count). The first-order valence-corrected chi connectivity index (χ1v) is 10.5. The summed E-state index contributed by atoms with van der Waals surface area (Å²) in [5, 5.41) is 0. The molecule has 1 unspecified atom stereocenters. The van der Waals surface area contributed by atoms with E-state index in [4.69, 9.17) is 4.74 Å². The summed E-state index contributed by atoms with van der Waals surface area (Å²) in [6, 6.07) is 13.5. The van der Waals surface area contributed by atoms with Crippen molar-refractivity contribution in [3.63, 3.8) is 0 Å². The highest BCUT2D eigenvalue weighted by molar-refractivity contribution is 5.78. The van der Waals surface area contributed by atoms with Crippen LogP contribution in [-0.4, -0.2) is 35.5 Å². The maximum atomic E-state index is 13.9. The SMILES string of the molecule is O=C(COc1ccccc1F)N1CCCC(c2ccc(Cc3c(F)cccc3F)cn2)C1. The van der Waals surface area contributed by atoms with Gasteiger partial charge in [0.15, 0.2) is 18.2 Å². The second-order valence-electron chi connectivity index (χ2n) is 7.87. The van der Waals surface area contributed by atoms with Crippen molar-refractivity contribution < 1.29 is 22.7 Å². The molecule has 4 nitrogen and oxygen atoms in total. The minimum atomic E-state index is -0.576. The van der Waals surface area contributed by atoms with Gasteiger partial charge in [0.2, 0.25) is 0 Å². The normalized spacial score (nSPS) is 16.1. The summed E-state index contributed by atoms with van der Waals surface area (Å²) in [5.74, 6) is -1.75. The van der Waals surface area contributed by atoms with Crippen LogP contribution in [0.5, 0.6) is 5.75 Å². The summed E-state index contributed by atoms with van der Waals surface area (Å²) in [6.07, 6.45) is 3.45. The third-order valence-corrected chi connectivity index (χ3v) is 5.67. The van der Waals surface area contributed by atoms with Gasteiger partial charge in [-0.05, 0) is 48.7 Å². The van der Waals surface area contributed by atoms with Crippen LogP contribution in [0.3, 0.4) is 0 Å². The lowest BCUT2D eigenvalue weighted by atomic mass is 9.93. The van der Waals surface area contributed by atoms with Crippen LogP contribution in [0.15, 0.2) is 60.8 Å². The topological polar surface area (TPSA) is 42.4 Å². The van der Waals surface area contributed by atoms with E-state index in [9.17, 15) is 18.0 Å². The summed E-state index contributed by atoms with van der Waals surface area (Å²) in [6.45, 7) is 0.878. The maximum absolute atomic E-state index is 13.9. The summed E-state index contributed by atoms with van der Waals surface area (Å²) in [7, 11) is 0. The van der Waals surface area contributed by atoms with Gasteiger partial charge in [-0.25, -0.2) is 13.2 Å². The molecule has 2 heterocycles. The zero-order valence-electron chi connectivity index (χ0n) is 17.4. The summed E-state index contributed by atoms with van der Waals surface area (Å²) in [5.41, 5.74) is 1.56. The first-order valence-electron chi connectivity index (χ1n) is 10.5. The number of carbonyl (C=O) groups is 1. The molecule has 2 aromatic carbocycles. The zero-order valence-corrected chi connectivity index (χ0v) is 17.4. The minimum absolute atomic E-state index is 0.0198. The van der Waals surface area contributed by atoms with Gasteiger partial charge in [-0.1, -0.05) is 24.3 Å². The van der Waals surface area contributed by atoms with Crippen LogP contribution >= 0.6 is 0 Å². The number of hydrogen-bond donors (Lipinski definition) is 0. The highest BCUT2D eigenvalue weighted by atomic mass is 19.1. The fourth-order valence-corrected chi connectivity index (χ4v) is 3.92. The van der Waals surface area contributed by atoms with Gasteiger partial charge in [-0.15, -0.1) is 0 Å². The van der Waals surface area contributed by atoms with Crippen molar-refractivity contribution in [3.05, 3.63) is 95.1 Å². The van der Waals surface area contributed by atoms with Crippen LogP contribution in [0, 0.1) is 17.5 Å². The Hall–Kier alpha value is -3.35. The molecular weight excluding hydrogens is 417 g/mol. The number of aromatic nitrogens is 1. The first kappa shape index (κ1) is 21.9. The second-order valence-corrected chi connectivity index (χ2v) is 7.87. The molecular formula is C25H23F3N2O2. The fraction of sp³-hybridized carbons (Fsp3) is 0.280. The molecule has 0 radical (unpaired) electrons. The zero-order chi connectivity index (χ0) is 22.5. The van der Waals surface area contributed by atoms with Crippen LogP contribution in [0.1, 0.15) is 35.6 Å². The Morgan fingerprint density at radius 3 is 2.47 bits per heavy atom. The van der Waals surface area contributed by atoms with Crippen molar-refractivity contribution in [2.45, 2.75) is 25.2 Å². The van der Waals surface area contributed by atoms with Crippen LogP contribution in [0.4, 0.5) is 13.2 Å². The molecule has 1 aliphatic heterocycles. The van der Waals surface area contributed by atoms with Gasteiger partial charge in [0.1, 0.15) is 11.6 Å². The van der Waals surface area contributed by atoms with E-state index in [1.54, 1.807) is 23.2 Å². The molecule has 1 atom stereocenters. The molecule has 1 aromatic heterocycles. The van der Waals surface area contributed by atoms with Crippen molar-refractivity contribution in [1.29, 1.82) is 0 Å². The Labute approximate surface area is 184 Å². The second kappa shape index (κ2) is 9.85. The maximum Gasteiger partial charge on any atom is 0.260 e. The van der Waals surface area contributed by atoms with E-state index in [1.165, 1.54) is 30.3 Å². The number of halogens is 3. The summed E-state index contributed by atoms with van der Waals surface area (Å²) >= 11 is 0. The smallest absolute Gasteiger partial charge is 0.260 e. The predicted octanol–water partition coefficient (Wildman–Crippen LogP) is 4.87. The van der Waals surface area contributed by atoms with E-state index in [0.29, 0.717) is 18.7 Å². The molecule has 166 valence electrons. The quantitative estimate of drug-likeness (QED) is 0.549. The van der Waals surface area contributed by atoms with Gasteiger partial charge < -0.3 is 9.64 Å². The predicted molar refractivity (Wildman–Crippen MR) is 114 cm³/mol. The molecule has 0 bridgehead atoms. The van der Waals surface area contributed by atoms with E-state index in [0.717, 1.165) is 18.5 Å². The molecule has 0 spiro atoms. The lowest BCUT2D eigenvalue weighted by Gasteiger charge is -2.32. The molecule has 1 aliphatic rings. The number of benzene rings is 2. The highest BCUT2D eigenvalue weighted by Gasteiger charge is 2.26. The summed E-state index contributed by atoms with van der Waals surface area (Å²) < 4.78 is 46.8. The van der Waals surface area contributed by atoms with Crippen molar-refractivity contribution in [2.75, 3.05) is 19.7 Å². The number of para-hydroxylation sites is 1. The van der Waals surface area contributed by atoms with Gasteiger partial charge in [0.25, 0.3) is 5.91 Å². The number of pyridine rings is 1. The number of likely N-dealkylation sites (tertiary alicyclic amines) is 1. The largest absolute Gasteiger partial charge is 0.481 e. The third kappa shape index (κ3) is 5.10. The average molecular weight is 440 g/mol. The van der Waals surface area contributed by atoms with E-state index in [-0.39, 0.29) is 36.2 Å². The molecule has 0 aliphatic carbocycles. The van der Waals surface area contributed by atoms with Crippen LogP contribution in [0.25, 0.3) is 0 Å². The molecule has 0 N–H and O–H groups in total. The number of amides is 1. The lowest BCUT2D eigenvalue weighted by Crippen LogP contribution is -2.41. The lowest BCUT2D eigenvalue weighted by molar-refractivity contribution is -0.134. The standard InChI is InChI=1S/C25H23F3N2O2/c26-20-7-3-8-21(27)19(20)13-17-10-11-23(29-14-17)18-5-4-12-30(15-18)25(31)16-32-24-9-2-1-6-22(24)28/h1-3,6-11,14,18H,4-5,12-13,15-16H2. The Morgan fingerprint density at radius 1 is 1.00 bits per heavy atom. The number of hydrogen-bond acceptors (Lipinski definition) is 3. The number of rotatable bonds is 6. The first-order chi connectivity index (χ1) is 15.5. The number of carbonyl (C=O) groups excluding carboxylic acids is 1. The summed E-state index contributed by atoms with van der Waals surface area (Å²) in [4.78, 5) is 18.8. The molecule has 0 saturated carbocycles. The number of nitrogens with zero attached hydrogens (tertiary/aromatic N) is 2. The number of ether oxygens (including phenoxy) is 1. The fourth-order valence-electron chi connectivity index (χ4n) is 3.92. The molecule has 1 amide bonds. The van der Waals surface area contributed by atoms with Gasteiger partial charge in [-0.2, -0.15) is 0 Å². The Kier molecular flexibility index (Phi) is 6.73. The third-order valence-electron chi connectivity index (χ3n) is 5.67. The van der Waals surface area contributed by atoms with Gasteiger partial charge in [0, 0.05) is 42.9 Å².